The van der Waals surface area contributed by atoms with Gasteiger partial charge in [0.15, 0.2) is 0 Å². The van der Waals surface area contributed by atoms with E-state index in [1.165, 1.54) is 16.9 Å². The van der Waals surface area contributed by atoms with Crippen molar-refractivity contribution in [2.45, 2.75) is 13.3 Å². The van der Waals surface area contributed by atoms with Gasteiger partial charge in [0.1, 0.15) is 0 Å². The van der Waals surface area contributed by atoms with E-state index in [1.807, 2.05) is 0 Å². The molecule has 1 N–H and O–H groups in total. The standard InChI is InChI=1S/C13H17ClN2/c1-11(9-14)10-16-8-4-7-15-12-5-2-3-6-13(12)16/h2-3,5-6,9,15H,4,7-8,10H2,1H3/b11-9-. The Morgan fingerprint density at radius 2 is 2.31 bits per heavy atom. The predicted molar refractivity (Wildman–Crippen MR) is 71.4 cm³/mol. The fourth-order valence-electron chi connectivity index (χ4n) is 2.01. The van der Waals surface area contributed by atoms with Crippen LogP contribution in [0.1, 0.15) is 13.3 Å². The summed E-state index contributed by atoms with van der Waals surface area (Å²) >= 11 is 5.73. The van der Waals surface area contributed by atoms with E-state index in [0.29, 0.717) is 0 Å². The first kappa shape index (κ1) is 11.3. The summed E-state index contributed by atoms with van der Waals surface area (Å²) in [6.45, 7) is 5.08. The molecule has 0 saturated carbocycles. The Morgan fingerprint density at radius 3 is 3.12 bits per heavy atom. The smallest absolute Gasteiger partial charge is 0.0604 e. The Balaban J connectivity index is 2.25. The van der Waals surface area contributed by atoms with Gasteiger partial charge in [0.25, 0.3) is 0 Å². The third kappa shape index (κ3) is 2.50. The maximum Gasteiger partial charge on any atom is 0.0604 e. The number of para-hydroxylation sites is 2. The van der Waals surface area contributed by atoms with E-state index in [4.69, 9.17) is 11.6 Å². The van der Waals surface area contributed by atoms with Crippen molar-refractivity contribution in [2.75, 3.05) is 29.9 Å². The third-order valence-corrected chi connectivity index (χ3v) is 3.16. The zero-order valence-electron chi connectivity index (χ0n) is 9.54. The topological polar surface area (TPSA) is 15.3 Å². The number of hydrogen-bond acceptors (Lipinski definition) is 2. The van der Waals surface area contributed by atoms with E-state index in [-0.39, 0.29) is 0 Å². The summed E-state index contributed by atoms with van der Waals surface area (Å²) in [6.07, 6.45) is 1.16. The van der Waals surface area contributed by atoms with Crippen LogP contribution in [0, 0.1) is 0 Å². The van der Waals surface area contributed by atoms with E-state index in [1.54, 1.807) is 5.54 Å². The van der Waals surface area contributed by atoms with Gasteiger partial charge in [0.05, 0.1) is 11.4 Å². The number of fused-ring (bicyclic) bond motifs is 1. The number of halogens is 1. The van der Waals surface area contributed by atoms with Crippen LogP contribution in [0.15, 0.2) is 35.4 Å². The molecule has 1 aliphatic rings. The van der Waals surface area contributed by atoms with Crippen LogP contribution >= 0.6 is 11.6 Å². The molecule has 86 valence electrons. The van der Waals surface area contributed by atoms with Crippen molar-refractivity contribution in [2.24, 2.45) is 0 Å². The molecular weight excluding hydrogens is 220 g/mol. The molecule has 0 aromatic heterocycles. The van der Waals surface area contributed by atoms with Crippen LogP contribution < -0.4 is 10.2 Å². The largest absolute Gasteiger partial charge is 0.383 e. The summed E-state index contributed by atoms with van der Waals surface area (Å²) in [5.74, 6) is 0. The highest BCUT2D eigenvalue weighted by Crippen LogP contribution is 2.28. The molecule has 2 nitrogen and oxygen atoms in total. The molecule has 1 aromatic rings. The number of nitrogens with one attached hydrogen (secondary N) is 1. The van der Waals surface area contributed by atoms with Crippen LogP contribution in [0.2, 0.25) is 0 Å². The molecule has 0 fully saturated rings. The minimum Gasteiger partial charge on any atom is -0.383 e. The number of rotatable bonds is 2. The van der Waals surface area contributed by atoms with Crippen molar-refractivity contribution in [1.29, 1.82) is 0 Å². The van der Waals surface area contributed by atoms with Gasteiger partial charge in [-0.25, -0.2) is 0 Å². The number of hydrogen-bond donors (Lipinski definition) is 1. The van der Waals surface area contributed by atoms with Gasteiger partial charge in [-0.05, 0) is 31.1 Å². The summed E-state index contributed by atoms with van der Waals surface area (Å²) in [4.78, 5) is 2.38. The van der Waals surface area contributed by atoms with Crippen LogP contribution in [0.4, 0.5) is 11.4 Å². The zero-order valence-corrected chi connectivity index (χ0v) is 10.3. The molecular formula is C13H17ClN2. The Bertz CT molecular complexity index is 387. The van der Waals surface area contributed by atoms with Crippen LogP contribution in [0.5, 0.6) is 0 Å². The molecule has 0 aliphatic carbocycles. The minimum atomic E-state index is 0.905. The van der Waals surface area contributed by atoms with Crippen molar-refractivity contribution in [3.63, 3.8) is 0 Å². The molecule has 2 rings (SSSR count). The average Bonchev–Trinajstić information content (AvgIpc) is 2.52. The number of benzene rings is 1. The Morgan fingerprint density at radius 1 is 1.50 bits per heavy atom. The lowest BCUT2D eigenvalue weighted by molar-refractivity contribution is 0.794. The lowest BCUT2D eigenvalue weighted by Gasteiger charge is -2.24. The van der Waals surface area contributed by atoms with E-state index in [0.717, 1.165) is 26.1 Å². The highest BCUT2D eigenvalue weighted by atomic mass is 35.5. The van der Waals surface area contributed by atoms with E-state index >= 15 is 0 Å². The van der Waals surface area contributed by atoms with Gasteiger partial charge in [-0.15, -0.1) is 0 Å². The van der Waals surface area contributed by atoms with Crippen LogP contribution in [0.25, 0.3) is 0 Å². The lowest BCUT2D eigenvalue weighted by atomic mass is 10.2. The maximum atomic E-state index is 5.73. The molecule has 3 heteroatoms. The van der Waals surface area contributed by atoms with Crippen LogP contribution in [-0.4, -0.2) is 19.6 Å². The number of anilines is 2. The second-order valence-corrected chi connectivity index (χ2v) is 4.39. The van der Waals surface area contributed by atoms with E-state index in [2.05, 4.69) is 41.4 Å². The van der Waals surface area contributed by atoms with Crippen molar-refractivity contribution >= 4 is 23.0 Å². The van der Waals surface area contributed by atoms with Gasteiger partial charge in [0, 0.05) is 25.2 Å². The molecule has 0 atom stereocenters. The highest BCUT2D eigenvalue weighted by molar-refractivity contribution is 6.25. The van der Waals surface area contributed by atoms with Crippen molar-refractivity contribution in [3.05, 3.63) is 35.4 Å². The molecule has 0 radical (unpaired) electrons. The molecule has 0 unspecified atom stereocenters. The Hall–Kier alpha value is -1.15. The molecule has 0 bridgehead atoms. The quantitative estimate of drug-likeness (QED) is 0.846. The summed E-state index contributed by atoms with van der Waals surface area (Å²) in [5.41, 5.74) is 5.36. The summed E-state index contributed by atoms with van der Waals surface area (Å²) in [5, 5.41) is 3.45. The van der Waals surface area contributed by atoms with Crippen LogP contribution in [-0.2, 0) is 0 Å². The Labute approximate surface area is 102 Å². The normalized spacial score (nSPS) is 16.4. The zero-order chi connectivity index (χ0) is 11.4. The fourth-order valence-corrected chi connectivity index (χ4v) is 2.08. The summed E-state index contributed by atoms with van der Waals surface area (Å²) in [7, 11) is 0. The van der Waals surface area contributed by atoms with Gasteiger partial charge in [-0.3, -0.25) is 0 Å². The second kappa shape index (κ2) is 5.26. The average molecular weight is 237 g/mol. The van der Waals surface area contributed by atoms with E-state index in [9.17, 15) is 0 Å². The van der Waals surface area contributed by atoms with Crippen molar-refractivity contribution in [1.82, 2.24) is 0 Å². The molecule has 0 saturated heterocycles. The van der Waals surface area contributed by atoms with Crippen molar-refractivity contribution in [3.8, 4) is 0 Å². The molecule has 16 heavy (non-hydrogen) atoms. The molecule has 1 aliphatic heterocycles. The molecule has 1 aromatic carbocycles. The SMILES string of the molecule is C/C(=C/Cl)CN1CCCNc2ccccc21. The number of nitrogens with zero attached hydrogens (tertiary/aromatic N) is 1. The highest BCUT2D eigenvalue weighted by Gasteiger charge is 2.13. The molecule has 0 amide bonds. The minimum absolute atomic E-state index is 0.905. The van der Waals surface area contributed by atoms with Gasteiger partial charge >= 0.3 is 0 Å². The molecule has 1 heterocycles. The van der Waals surface area contributed by atoms with Gasteiger partial charge in [-0.2, -0.15) is 0 Å². The first-order valence-electron chi connectivity index (χ1n) is 5.65. The van der Waals surface area contributed by atoms with E-state index < -0.39 is 0 Å². The van der Waals surface area contributed by atoms with Crippen molar-refractivity contribution < 1.29 is 0 Å². The van der Waals surface area contributed by atoms with Gasteiger partial charge < -0.3 is 10.2 Å². The first-order chi connectivity index (χ1) is 7.81. The fraction of sp³-hybridized carbons (Fsp3) is 0.385. The third-order valence-electron chi connectivity index (χ3n) is 2.79. The summed E-state index contributed by atoms with van der Waals surface area (Å²) < 4.78 is 0. The maximum absolute atomic E-state index is 5.73. The monoisotopic (exact) mass is 236 g/mol. The Kier molecular flexibility index (Phi) is 3.73. The summed E-state index contributed by atoms with van der Waals surface area (Å²) in [6, 6.07) is 8.45. The van der Waals surface area contributed by atoms with Gasteiger partial charge in [0.2, 0.25) is 0 Å². The van der Waals surface area contributed by atoms with Crippen LogP contribution in [0.3, 0.4) is 0 Å². The second-order valence-electron chi connectivity index (χ2n) is 4.17. The first-order valence-corrected chi connectivity index (χ1v) is 6.08. The molecule has 0 spiro atoms. The predicted octanol–water partition coefficient (Wildman–Crippen LogP) is 3.45. The lowest BCUT2D eigenvalue weighted by Crippen LogP contribution is -2.25. The van der Waals surface area contributed by atoms with Gasteiger partial charge in [-0.1, -0.05) is 23.7 Å².